The van der Waals surface area contributed by atoms with Crippen LogP contribution in [-0.2, 0) is 0 Å². The van der Waals surface area contributed by atoms with Crippen molar-refractivity contribution in [3.63, 3.8) is 0 Å². The summed E-state index contributed by atoms with van der Waals surface area (Å²) in [5.41, 5.74) is 24.9. The molecule has 2 aliphatic rings. The Balaban J connectivity index is 0.864. The van der Waals surface area contributed by atoms with Crippen molar-refractivity contribution in [3.8, 4) is 96.0 Å². The summed E-state index contributed by atoms with van der Waals surface area (Å²) >= 11 is 0. The van der Waals surface area contributed by atoms with E-state index in [1.54, 1.807) is 0 Å². The maximum atomic E-state index is 5.77. The number of fused-ring (bicyclic) bond motifs is 7. The van der Waals surface area contributed by atoms with E-state index in [1.807, 2.05) is 66.7 Å². The molecule has 5 heterocycles. The molecule has 13 aromatic carbocycles. The van der Waals surface area contributed by atoms with Gasteiger partial charge >= 0.3 is 0 Å². The first-order chi connectivity index (χ1) is 46.6. The molecule has 94 heavy (non-hydrogen) atoms. The smallest absolute Gasteiger partial charge is 0.252 e. The number of hydrogen-bond donors (Lipinski definition) is 0. The zero-order valence-corrected chi connectivity index (χ0v) is 50.9. The zero-order chi connectivity index (χ0) is 62.1. The van der Waals surface area contributed by atoms with Crippen LogP contribution in [0, 0.1) is 0 Å². The van der Waals surface area contributed by atoms with E-state index in [2.05, 4.69) is 281 Å². The second-order valence-corrected chi connectivity index (χ2v) is 24.0. The molecule has 0 fully saturated rings. The predicted molar refractivity (Wildman–Crippen MR) is 387 cm³/mol. The van der Waals surface area contributed by atoms with Crippen LogP contribution < -0.4 is 26.2 Å². The van der Waals surface area contributed by atoms with Gasteiger partial charge in [0.2, 0.25) is 0 Å². The molecule has 3 aromatic heterocycles. The quantitative estimate of drug-likeness (QED) is 0.119. The Kier molecular flexibility index (Phi) is 13.1. The fraction of sp³-hybridized carbons (Fsp3) is 0. The molecule has 438 valence electrons. The van der Waals surface area contributed by atoms with Crippen molar-refractivity contribution in [3.05, 3.63) is 334 Å². The number of anilines is 6. The van der Waals surface area contributed by atoms with E-state index in [9.17, 15) is 0 Å². The third-order valence-electron chi connectivity index (χ3n) is 18.4. The van der Waals surface area contributed by atoms with E-state index in [4.69, 9.17) is 24.9 Å². The van der Waals surface area contributed by atoms with Crippen molar-refractivity contribution in [2.75, 3.05) is 9.80 Å². The van der Waals surface area contributed by atoms with E-state index in [1.165, 1.54) is 16.4 Å². The second kappa shape index (κ2) is 22.7. The molecular weight excluding hydrogens is 1140 g/mol. The summed E-state index contributed by atoms with van der Waals surface area (Å²) in [6.07, 6.45) is 0. The van der Waals surface area contributed by atoms with E-state index < -0.39 is 0 Å². The lowest BCUT2D eigenvalue weighted by molar-refractivity contribution is 1.07. The molecular formula is C85H55BN8. The zero-order valence-electron chi connectivity index (χ0n) is 50.9. The molecule has 0 atom stereocenters. The minimum absolute atomic E-state index is 0.00938. The molecule has 0 spiro atoms. The summed E-state index contributed by atoms with van der Waals surface area (Å²) in [4.78, 5) is 31.9. The third kappa shape index (κ3) is 9.36. The molecule has 0 unspecified atom stereocenters. The maximum Gasteiger partial charge on any atom is 0.252 e. The number of rotatable bonds is 11. The van der Waals surface area contributed by atoms with Gasteiger partial charge in [0.1, 0.15) is 0 Å². The van der Waals surface area contributed by atoms with Crippen molar-refractivity contribution >= 4 is 79.0 Å². The summed E-state index contributed by atoms with van der Waals surface area (Å²) in [5, 5.41) is 2.29. The minimum atomic E-state index is -0.00938. The molecule has 0 saturated carbocycles. The number of para-hydroxylation sites is 5. The fourth-order valence-electron chi connectivity index (χ4n) is 14.1. The standard InChI is InChI=1S/C85H55BN8/c1-7-26-56(27-8-1)61-46-48-75-68(51-61)67-40-19-22-43-74(67)94(75)76-49-47-63(85-90-82(58-30-11-3-12-31-58)89-83(91-85)59-32-13-4-14-33-59)52-69(76)73-55-72(57-28-9-2-10-29-57)87-84(88-73)62-35-25-34-60(50-62)64-53-79-81-80(54-64)93(66-38-17-6-18-39-66)78-45-24-21-42-71(78)86(81)70-41-20-23-44-77(70)92(79)65-36-15-5-16-37-65/h1-55H. The van der Waals surface area contributed by atoms with Gasteiger partial charge in [-0.3, -0.25) is 0 Å². The Morgan fingerprint density at radius 3 is 1.28 bits per heavy atom. The topological polar surface area (TPSA) is 75.9 Å². The molecule has 18 rings (SSSR count). The molecule has 2 aliphatic heterocycles. The first-order valence-electron chi connectivity index (χ1n) is 31.8. The van der Waals surface area contributed by atoms with Crippen LogP contribution in [0.3, 0.4) is 0 Å². The molecule has 0 N–H and O–H groups in total. The first kappa shape index (κ1) is 54.4. The van der Waals surface area contributed by atoms with E-state index in [-0.39, 0.29) is 6.71 Å². The van der Waals surface area contributed by atoms with Crippen molar-refractivity contribution in [2.24, 2.45) is 0 Å². The number of benzene rings is 13. The first-order valence-corrected chi connectivity index (χ1v) is 31.8. The second-order valence-electron chi connectivity index (χ2n) is 24.0. The average molecular weight is 1200 g/mol. The van der Waals surface area contributed by atoms with Crippen LogP contribution in [0.5, 0.6) is 0 Å². The number of hydrogen-bond acceptors (Lipinski definition) is 7. The van der Waals surface area contributed by atoms with Crippen LogP contribution in [0.2, 0.25) is 0 Å². The fourth-order valence-corrected chi connectivity index (χ4v) is 14.1. The van der Waals surface area contributed by atoms with Crippen molar-refractivity contribution < 1.29 is 0 Å². The molecule has 0 amide bonds. The number of aromatic nitrogens is 6. The van der Waals surface area contributed by atoms with Gasteiger partial charge in [0, 0.05) is 78.3 Å². The van der Waals surface area contributed by atoms with Gasteiger partial charge in [0.25, 0.3) is 6.71 Å². The Morgan fingerprint density at radius 2 is 0.670 bits per heavy atom. The van der Waals surface area contributed by atoms with E-state index in [0.29, 0.717) is 23.3 Å². The summed E-state index contributed by atoms with van der Waals surface area (Å²) in [5.74, 6) is 2.29. The lowest BCUT2D eigenvalue weighted by Crippen LogP contribution is -2.61. The predicted octanol–water partition coefficient (Wildman–Crippen LogP) is 19.2. The largest absolute Gasteiger partial charge is 0.311 e. The lowest BCUT2D eigenvalue weighted by atomic mass is 9.33. The van der Waals surface area contributed by atoms with Gasteiger partial charge in [-0.2, -0.15) is 0 Å². The van der Waals surface area contributed by atoms with Crippen molar-refractivity contribution in [1.29, 1.82) is 0 Å². The maximum absolute atomic E-state index is 5.77. The van der Waals surface area contributed by atoms with Crippen molar-refractivity contribution in [1.82, 2.24) is 29.5 Å². The summed E-state index contributed by atoms with van der Waals surface area (Å²) in [6, 6.07) is 119. The van der Waals surface area contributed by atoms with Gasteiger partial charge in [-0.05, 0) is 136 Å². The highest BCUT2D eigenvalue weighted by molar-refractivity contribution is 7.00. The van der Waals surface area contributed by atoms with Gasteiger partial charge in [0.15, 0.2) is 23.3 Å². The van der Waals surface area contributed by atoms with Crippen molar-refractivity contribution in [2.45, 2.75) is 0 Å². The summed E-state index contributed by atoms with van der Waals surface area (Å²) in [7, 11) is 0. The minimum Gasteiger partial charge on any atom is -0.311 e. The van der Waals surface area contributed by atoms with Gasteiger partial charge in [-0.15, -0.1) is 0 Å². The normalized spacial score (nSPS) is 12.2. The average Bonchev–Trinajstić information content (AvgIpc) is 0.817. The van der Waals surface area contributed by atoms with Crippen LogP contribution >= 0.6 is 0 Å². The molecule has 0 radical (unpaired) electrons. The molecule has 8 nitrogen and oxygen atoms in total. The highest BCUT2D eigenvalue weighted by Gasteiger charge is 2.43. The molecule has 9 heteroatoms. The molecule has 0 saturated heterocycles. The van der Waals surface area contributed by atoms with Crippen LogP contribution in [-0.4, -0.2) is 36.2 Å². The number of nitrogens with zero attached hydrogens (tertiary/aromatic N) is 8. The Labute approximate surface area is 544 Å². The Morgan fingerprint density at radius 1 is 0.234 bits per heavy atom. The lowest BCUT2D eigenvalue weighted by Gasteiger charge is -2.44. The van der Waals surface area contributed by atoms with Crippen LogP contribution in [0.15, 0.2) is 334 Å². The van der Waals surface area contributed by atoms with E-state index >= 15 is 0 Å². The monoisotopic (exact) mass is 1200 g/mol. The Hall–Kier alpha value is -12.6. The molecule has 0 bridgehead atoms. The van der Waals surface area contributed by atoms with Gasteiger partial charge in [-0.1, -0.05) is 237 Å². The van der Waals surface area contributed by atoms with Crippen LogP contribution in [0.4, 0.5) is 34.1 Å². The summed E-state index contributed by atoms with van der Waals surface area (Å²) < 4.78 is 2.39. The molecule has 0 aliphatic carbocycles. The van der Waals surface area contributed by atoms with Gasteiger partial charge in [0.05, 0.1) is 28.1 Å². The summed E-state index contributed by atoms with van der Waals surface area (Å²) in [6.45, 7) is -0.00938. The van der Waals surface area contributed by atoms with E-state index in [0.717, 1.165) is 129 Å². The van der Waals surface area contributed by atoms with Crippen LogP contribution in [0.25, 0.3) is 118 Å². The Bertz CT molecular complexity index is 5400. The highest BCUT2D eigenvalue weighted by Crippen LogP contribution is 2.47. The highest BCUT2D eigenvalue weighted by atomic mass is 15.2. The molecule has 16 aromatic rings. The van der Waals surface area contributed by atoms with Gasteiger partial charge < -0.3 is 14.4 Å². The van der Waals surface area contributed by atoms with Crippen LogP contribution in [0.1, 0.15) is 0 Å². The SMILES string of the molecule is c1ccc(-c2ccc3c(c2)c2ccccc2n3-c2ccc(-c3nc(-c4ccccc4)nc(-c4ccccc4)n3)cc2-c2cc(-c3ccccc3)nc(-c3cccc(-c4cc5c6c(c4)N(c4ccccc4)c4ccccc4B6c4ccccc4N5c4ccccc4)c3)n2)cc1. The third-order valence-corrected chi connectivity index (χ3v) is 18.4. The van der Waals surface area contributed by atoms with Gasteiger partial charge in [-0.25, -0.2) is 24.9 Å².